The maximum atomic E-state index is 13.1. The van der Waals surface area contributed by atoms with Gasteiger partial charge in [-0.3, -0.25) is 9.89 Å². The van der Waals surface area contributed by atoms with E-state index < -0.39 is 11.7 Å². The summed E-state index contributed by atoms with van der Waals surface area (Å²) in [6.45, 7) is 4.56. The third-order valence-corrected chi connectivity index (χ3v) is 3.98. The Morgan fingerprint density at radius 3 is 2.67 bits per heavy atom. The standard InChI is InChI=1S/C16H21F3N4O/c1-4-10(15(24)20-5-2)9-23(3)14-7-11(16(17,18)19)6-13-12(14)8-21-22-13/h6-8,10H,4-5,9H2,1-3H3,(H,20,24)(H,21,22)/t10-/m1/s1. The van der Waals surface area contributed by atoms with Crippen LogP contribution in [0.25, 0.3) is 10.9 Å². The molecule has 0 saturated heterocycles. The van der Waals surface area contributed by atoms with Crippen molar-refractivity contribution >= 4 is 22.5 Å². The van der Waals surface area contributed by atoms with E-state index in [1.54, 1.807) is 11.9 Å². The number of carbonyl (C=O) groups is 1. The first-order valence-electron chi connectivity index (χ1n) is 7.81. The molecule has 0 unspecified atom stereocenters. The second kappa shape index (κ2) is 7.11. The Morgan fingerprint density at radius 1 is 1.38 bits per heavy atom. The van der Waals surface area contributed by atoms with E-state index in [1.807, 2.05) is 13.8 Å². The van der Waals surface area contributed by atoms with Gasteiger partial charge in [0.25, 0.3) is 0 Å². The molecule has 5 nitrogen and oxygen atoms in total. The van der Waals surface area contributed by atoms with Crippen molar-refractivity contribution in [2.75, 3.05) is 25.0 Å². The highest BCUT2D eigenvalue weighted by Gasteiger charge is 2.32. The maximum Gasteiger partial charge on any atom is 0.416 e. The molecule has 2 N–H and O–H groups in total. The normalized spacial score (nSPS) is 13.1. The molecule has 0 aliphatic rings. The lowest BCUT2D eigenvalue weighted by atomic mass is 10.0. The number of benzene rings is 1. The zero-order valence-electron chi connectivity index (χ0n) is 13.9. The van der Waals surface area contributed by atoms with E-state index in [1.165, 1.54) is 6.20 Å². The zero-order valence-corrected chi connectivity index (χ0v) is 13.9. The summed E-state index contributed by atoms with van der Waals surface area (Å²) in [4.78, 5) is 13.7. The van der Waals surface area contributed by atoms with E-state index in [4.69, 9.17) is 0 Å². The molecule has 1 aromatic heterocycles. The van der Waals surface area contributed by atoms with Gasteiger partial charge in [-0.25, -0.2) is 0 Å². The van der Waals surface area contributed by atoms with Crippen molar-refractivity contribution in [3.63, 3.8) is 0 Å². The van der Waals surface area contributed by atoms with E-state index in [9.17, 15) is 18.0 Å². The van der Waals surface area contributed by atoms with Gasteiger partial charge in [-0.15, -0.1) is 0 Å². The molecule has 0 bridgehead atoms. The molecule has 0 fully saturated rings. The highest BCUT2D eigenvalue weighted by Crippen LogP contribution is 2.36. The number of amides is 1. The van der Waals surface area contributed by atoms with Crippen molar-refractivity contribution in [1.82, 2.24) is 15.5 Å². The summed E-state index contributed by atoms with van der Waals surface area (Å²) >= 11 is 0. The van der Waals surface area contributed by atoms with Gasteiger partial charge in [-0.05, 0) is 25.5 Å². The van der Waals surface area contributed by atoms with Crippen molar-refractivity contribution < 1.29 is 18.0 Å². The molecule has 1 amide bonds. The Bertz CT molecular complexity index is 711. The molecule has 1 aromatic carbocycles. The lowest BCUT2D eigenvalue weighted by molar-refractivity contribution is -0.137. The quantitative estimate of drug-likeness (QED) is 0.848. The number of aromatic amines is 1. The largest absolute Gasteiger partial charge is 0.416 e. The number of anilines is 1. The van der Waals surface area contributed by atoms with Crippen molar-refractivity contribution in [2.24, 2.45) is 5.92 Å². The summed E-state index contributed by atoms with van der Waals surface area (Å²) in [5, 5.41) is 9.77. The van der Waals surface area contributed by atoms with Crippen molar-refractivity contribution in [2.45, 2.75) is 26.4 Å². The molecule has 2 aromatic rings. The summed E-state index contributed by atoms with van der Waals surface area (Å²) < 4.78 is 39.3. The van der Waals surface area contributed by atoms with Crippen LogP contribution in [0.15, 0.2) is 18.3 Å². The Morgan fingerprint density at radius 2 is 2.08 bits per heavy atom. The Kier molecular flexibility index (Phi) is 5.36. The first-order chi connectivity index (χ1) is 11.3. The molecule has 132 valence electrons. The second-order valence-corrected chi connectivity index (χ2v) is 5.70. The summed E-state index contributed by atoms with van der Waals surface area (Å²) in [5.74, 6) is -0.395. The molecule has 1 atom stereocenters. The van der Waals surface area contributed by atoms with Crippen LogP contribution in [-0.2, 0) is 11.0 Å². The third kappa shape index (κ3) is 3.80. The summed E-state index contributed by atoms with van der Waals surface area (Å²) in [7, 11) is 1.68. The SMILES string of the molecule is CCNC(=O)[C@H](CC)CN(C)c1cc(C(F)(F)F)cc2[nH]ncc12. The summed E-state index contributed by atoms with van der Waals surface area (Å²) in [6.07, 6.45) is -2.35. The van der Waals surface area contributed by atoms with Crippen LogP contribution in [0.5, 0.6) is 0 Å². The number of alkyl halides is 3. The van der Waals surface area contributed by atoms with Crippen LogP contribution < -0.4 is 10.2 Å². The first kappa shape index (κ1) is 18.1. The van der Waals surface area contributed by atoms with Gasteiger partial charge in [0.15, 0.2) is 0 Å². The van der Waals surface area contributed by atoms with Crippen LogP contribution in [0.3, 0.4) is 0 Å². The molecular formula is C16H21F3N4O. The molecule has 8 heteroatoms. The van der Waals surface area contributed by atoms with Gasteiger partial charge in [-0.2, -0.15) is 18.3 Å². The topological polar surface area (TPSA) is 61.0 Å². The van der Waals surface area contributed by atoms with E-state index in [-0.39, 0.29) is 11.8 Å². The van der Waals surface area contributed by atoms with Gasteiger partial charge in [0.05, 0.1) is 23.2 Å². The number of carbonyl (C=O) groups excluding carboxylic acids is 1. The Labute approximate surface area is 138 Å². The number of halogens is 3. The van der Waals surface area contributed by atoms with Gasteiger partial charge >= 0.3 is 6.18 Å². The van der Waals surface area contributed by atoms with Crippen molar-refractivity contribution in [3.05, 3.63) is 23.9 Å². The molecule has 1 heterocycles. The summed E-state index contributed by atoms with van der Waals surface area (Å²) in [6, 6.07) is 2.14. The average Bonchev–Trinajstić information content (AvgIpc) is 2.99. The predicted octanol–water partition coefficient (Wildman–Crippen LogP) is 3.18. The zero-order chi connectivity index (χ0) is 17.9. The monoisotopic (exact) mass is 342 g/mol. The van der Waals surface area contributed by atoms with Crippen LogP contribution in [0.1, 0.15) is 25.8 Å². The van der Waals surface area contributed by atoms with Crippen LogP contribution in [0.2, 0.25) is 0 Å². The molecule has 0 spiro atoms. The fraction of sp³-hybridized carbons (Fsp3) is 0.500. The fourth-order valence-corrected chi connectivity index (χ4v) is 2.66. The van der Waals surface area contributed by atoms with Crippen molar-refractivity contribution in [1.29, 1.82) is 0 Å². The molecule has 2 rings (SSSR count). The second-order valence-electron chi connectivity index (χ2n) is 5.70. The smallest absolute Gasteiger partial charge is 0.373 e. The van der Waals surface area contributed by atoms with Gasteiger partial charge in [0, 0.05) is 31.2 Å². The molecule has 0 aliphatic heterocycles. The Hall–Kier alpha value is -2.25. The lowest BCUT2D eigenvalue weighted by Gasteiger charge is -2.25. The van der Waals surface area contributed by atoms with Gasteiger partial charge < -0.3 is 10.2 Å². The maximum absolute atomic E-state index is 13.1. The number of nitrogens with one attached hydrogen (secondary N) is 2. The highest BCUT2D eigenvalue weighted by molar-refractivity contribution is 5.92. The Balaban J connectivity index is 2.36. The van der Waals surface area contributed by atoms with Gasteiger partial charge in [0.1, 0.15) is 0 Å². The number of hydrogen-bond acceptors (Lipinski definition) is 3. The lowest BCUT2D eigenvalue weighted by Crippen LogP contribution is -2.37. The van der Waals surface area contributed by atoms with Crippen molar-refractivity contribution in [3.8, 4) is 0 Å². The van der Waals surface area contributed by atoms with Gasteiger partial charge in [-0.1, -0.05) is 6.92 Å². The summed E-state index contributed by atoms with van der Waals surface area (Å²) in [5.41, 5.74) is -0.0267. The minimum atomic E-state index is -4.45. The third-order valence-electron chi connectivity index (χ3n) is 3.98. The van der Waals surface area contributed by atoms with E-state index in [2.05, 4.69) is 15.5 Å². The predicted molar refractivity (Wildman–Crippen MR) is 86.8 cm³/mol. The number of H-pyrrole nitrogens is 1. The van der Waals surface area contributed by atoms with E-state index in [0.29, 0.717) is 36.1 Å². The van der Waals surface area contributed by atoms with E-state index >= 15 is 0 Å². The molecule has 24 heavy (non-hydrogen) atoms. The van der Waals surface area contributed by atoms with Crippen LogP contribution in [0.4, 0.5) is 18.9 Å². The molecule has 0 saturated carbocycles. The minimum absolute atomic E-state index is 0.0951. The molecule has 0 radical (unpaired) electrons. The number of nitrogens with zero attached hydrogens (tertiary/aromatic N) is 2. The molecule has 0 aliphatic carbocycles. The minimum Gasteiger partial charge on any atom is -0.373 e. The average molecular weight is 342 g/mol. The van der Waals surface area contributed by atoms with Crippen LogP contribution in [0, 0.1) is 5.92 Å². The van der Waals surface area contributed by atoms with Crippen LogP contribution in [-0.4, -0.2) is 36.2 Å². The number of hydrogen-bond donors (Lipinski definition) is 2. The van der Waals surface area contributed by atoms with Gasteiger partial charge in [0.2, 0.25) is 5.91 Å². The fourth-order valence-electron chi connectivity index (χ4n) is 2.66. The van der Waals surface area contributed by atoms with E-state index in [0.717, 1.165) is 12.1 Å². The first-order valence-corrected chi connectivity index (χ1v) is 7.81. The number of rotatable bonds is 6. The highest BCUT2D eigenvalue weighted by atomic mass is 19.4. The van der Waals surface area contributed by atoms with Crippen LogP contribution >= 0.6 is 0 Å². The molecular weight excluding hydrogens is 321 g/mol. The number of aromatic nitrogens is 2. The number of fused-ring (bicyclic) bond motifs is 1.